The number of rotatable bonds is 4. The minimum Gasteiger partial charge on any atom is -0.452 e. The molecule has 0 saturated carbocycles. The molecule has 1 atom stereocenters. The maximum absolute atomic E-state index is 12.1. The fraction of sp³-hybridized carbons (Fsp3) is 0.375. The van der Waals surface area contributed by atoms with Crippen molar-refractivity contribution in [3.8, 4) is 6.07 Å². The Morgan fingerprint density at radius 2 is 1.96 bits per heavy atom. The van der Waals surface area contributed by atoms with Gasteiger partial charge in [0.25, 0.3) is 5.91 Å². The molecular formula is C16H17N3O4. The molecule has 23 heavy (non-hydrogen) atoms. The summed E-state index contributed by atoms with van der Waals surface area (Å²) in [6.07, 6.45) is 2.16. The predicted octanol–water partition coefficient (Wildman–Crippen LogP) is 0.581. The summed E-state index contributed by atoms with van der Waals surface area (Å²) in [7, 11) is 0. The highest BCUT2D eigenvalue weighted by molar-refractivity contribution is 5.92. The zero-order valence-corrected chi connectivity index (χ0v) is 12.5. The molecule has 120 valence electrons. The van der Waals surface area contributed by atoms with Crippen molar-refractivity contribution in [2.75, 3.05) is 13.2 Å². The van der Waals surface area contributed by atoms with Crippen LogP contribution in [0.5, 0.6) is 0 Å². The molecule has 0 bridgehead atoms. The van der Waals surface area contributed by atoms with Gasteiger partial charge in [-0.25, -0.2) is 4.79 Å². The lowest BCUT2D eigenvalue weighted by Crippen LogP contribution is -2.51. The zero-order chi connectivity index (χ0) is 16.8. The minimum absolute atomic E-state index is 0.252. The Labute approximate surface area is 133 Å². The number of esters is 1. The van der Waals surface area contributed by atoms with Crippen molar-refractivity contribution in [3.05, 3.63) is 35.4 Å². The highest BCUT2D eigenvalue weighted by Crippen LogP contribution is 2.17. The van der Waals surface area contributed by atoms with Gasteiger partial charge in [-0.3, -0.25) is 9.59 Å². The van der Waals surface area contributed by atoms with Crippen LogP contribution in [-0.2, 0) is 14.3 Å². The molecule has 1 saturated heterocycles. The largest absolute Gasteiger partial charge is 0.452 e. The molecule has 1 heterocycles. The van der Waals surface area contributed by atoms with Gasteiger partial charge in [0, 0.05) is 6.54 Å². The lowest BCUT2D eigenvalue weighted by molar-refractivity contribution is -0.143. The van der Waals surface area contributed by atoms with Gasteiger partial charge in [-0.1, -0.05) is 0 Å². The summed E-state index contributed by atoms with van der Waals surface area (Å²) in [6.45, 7) is -0.0104. The van der Waals surface area contributed by atoms with E-state index in [0.717, 1.165) is 12.8 Å². The van der Waals surface area contributed by atoms with Gasteiger partial charge in [0.2, 0.25) is 5.91 Å². The van der Waals surface area contributed by atoms with Gasteiger partial charge in [0.05, 0.1) is 17.2 Å². The van der Waals surface area contributed by atoms with Crippen LogP contribution in [0, 0.1) is 11.3 Å². The summed E-state index contributed by atoms with van der Waals surface area (Å²) in [5.74, 6) is -1.64. The number of nitrogens with zero attached hydrogens (tertiary/aromatic N) is 2. The average molecular weight is 315 g/mol. The Balaban J connectivity index is 1.93. The first-order valence-electron chi connectivity index (χ1n) is 7.29. The van der Waals surface area contributed by atoms with Crippen LogP contribution in [0.25, 0.3) is 0 Å². The van der Waals surface area contributed by atoms with Crippen LogP contribution in [0.2, 0.25) is 0 Å². The second kappa shape index (κ2) is 7.40. The lowest BCUT2D eigenvalue weighted by atomic mass is 10.0. The molecule has 7 nitrogen and oxygen atoms in total. The molecule has 0 radical (unpaired) electrons. The molecule has 1 aliphatic heterocycles. The fourth-order valence-corrected chi connectivity index (χ4v) is 2.50. The van der Waals surface area contributed by atoms with Gasteiger partial charge >= 0.3 is 5.97 Å². The van der Waals surface area contributed by atoms with E-state index in [1.54, 1.807) is 0 Å². The second-order valence-electron chi connectivity index (χ2n) is 5.27. The van der Waals surface area contributed by atoms with E-state index in [1.807, 2.05) is 6.07 Å². The molecule has 7 heteroatoms. The minimum atomic E-state index is -0.657. The number of benzene rings is 1. The first-order chi connectivity index (χ1) is 11.0. The second-order valence-corrected chi connectivity index (χ2v) is 5.27. The van der Waals surface area contributed by atoms with Crippen molar-refractivity contribution in [2.45, 2.75) is 25.3 Å². The van der Waals surface area contributed by atoms with Gasteiger partial charge in [-0.15, -0.1) is 0 Å². The Morgan fingerprint density at radius 3 is 2.57 bits per heavy atom. The van der Waals surface area contributed by atoms with Crippen LogP contribution >= 0.6 is 0 Å². The summed E-state index contributed by atoms with van der Waals surface area (Å²) in [5, 5.41) is 8.70. The Bertz CT molecular complexity index is 648. The summed E-state index contributed by atoms with van der Waals surface area (Å²) in [6, 6.07) is 7.21. The topological polar surface area (TPSA) is 113 Å². The maximum Gasteiger partial charge on any atom is 0.338 e. The number of hydrogen-bond donors (Lipinski definition) is 1. The van der Waals surface area contributed by atoms with Crippen molar-refractivity contribution in [1.82, 2.24) is 4.90 Å². The quantitative estimate of drug-likeness (QED) is 0.816. The van der Waals surface area contributed by atoms with Crippen molar-refractivity contribution in [3.63, 3.8) is 0 Å². The Kier molecular flexibility index (Phi) is 5.31. The monoisotopic (exact) mass is 315 g/mol. The van der Waals surface area contributed by atoms with E-state index < -0.39 is 30.4 Å². The summed E-state index contributed by atoms with van der Waals surface area (Å²) in [4.78, 5) is 36.8. The van der Waals surface area contributed by atoms with Crippen LogP contribution in [0.3, 0.4) is 0 Å². The van der Waals surface area contributed by atoms with E-state index >= 15 is 0 Å². The molecule has 0 aromatic heterocycles. The molecule has 0 unspecified atom stereocenters. The molecule has 1 aromatic rings. The highest BCUT2D eigenvalue weighted by atomic mass is 16.5. The first-order valence-corrected chi connectivity index (χ1v) is 7.29. The zero-order valence-electron chi connectivity index (χ0n) is 12.5. The number of primary amides is 1. The van der Waals surface area contributed by atoms with E-state index in [2.05, 4.69) is 0 Å². The molecule has 1 aliphatic rings. The van der Waals surface area contributed by atoms with Crippen molar-refractivity contribution in [1.29, 1.82) is 5.26 Å². The first kappa shape index (κ1) is 16.5. The summed E-state index contributed by atoms with van der Waals surface area (Å²) >= 11 is 0. The number of piperidine rings is 1. The molecule has 2 rings (SSSR count). The average Bonchev–Trinajstić information content (AvgIpc) is 2.59. The Hall–Kier alpha value is -2.88. The molecule has 0 aliphatic carbocycles. The van der Waals surface area contributed by atoms with E-state index in [-0.39, 0.29) is 5.56 Å². The predicted molar refractivity (Wildman–Crippen MR) is 80.0 cm³/mol. The number of nitriles is 1. The summed E-state index contributed by atoms with van der Waals surface area (Å²) < 4.78 is 4.98. The van der Waals surface area contributed by atoms with Gasteiger partial charge in [-0.2, -0.15) is 5.26 Å². The van der Waals surface area contributed by atoms with Gasteiger partial charge in [-0.05, 0) is 43.5 Å². The third-order valence-corrected chi connectivity index (χ3v) is 3.73. The van der Waals surface area contributed by atoms with Gasteiger partial charge in [0.15, 0.2) is 6.61 Å². The number of ether oxygens (including phenoxy) is 1. The molecule has 1 fully saturated rings. The van der Waals surface area contributed by atoms with E-state index in [9.17, 15) is 14.4 Å². The van der Waals surface area contributed by atoms with Gasteiger partial charge in [0.1, 0.15) is 6.04 Å². The maximum atomic E-state index is 12.1. The standard InChI is InChI=1S/C16H17N3O4/c17-9-11-4-6-12(7-5-11)16(22)23-10-14(20)19-8-2-1-3-13(19)15(18)21/h4-7,13H,1-3,8,10H2,(H2,18,21)/t13-/m0/s1. The molecule has 1 aromatic carbocycles. The number of nitrogens with two attached hydrogens (primary N) is 1. The van der Waals surface area contributed by atoms with Crippen LogP contribution in [-0.4, -0.2) is 41.9 Å². The lowest BCUT2D eigenvalue weighted by Gasteiger charge is -2.33. The van der Waals surface area contributed by atoms with Crippen LogP contribution in [0.1, 0.15) is 35.2 Å². The van der Waals surface area contributed by atoms with Crippen molar-refractivity contribution in [2.24, 2.45) is 5.73 Å². The van der Waals surface area contributed by atoms with Crippen LogP contribution in [0.15, 0.2) is 24.3 Å². The Morgan fingerprint density at radius 1 is 1.26 bits per heavy atom. The number of hydrogen-bond acceptors (Lipinski definition) is 5. The van der Waals surface area contributed by atoms with Crippen molar-refractivity contribution < 1.29 is 19.1 Å². The number of carbonyl (C=O) groups is 3. The fourth-order valence-electron chi connectivity index (χ4n) is 2.50. The summed E-state index contributed by atoms with van der Waals surface area (Å²) in [5.41, 5.74) is 5.98. The van der Waals surface area contributed by atoms with E-state index in [4.69, 9.17) is 15.7 Å². The SMILES string of the molecule is N#Cc1ccc(C(=O)OCC(=O)N2CCCC[C@H]2C(N)=O)cc1. The van der Waals surface area contributed by atoms with Crippen LogP contribution < -0.4 is 5.73 Å². The van der Waals surface area contributed by atoms with Crippen molar-refractivity contribution >= 4 is 17.8 Å². The number of likely N-dealkylation sites (tertiary alicyclic amines) is 1. The third-order valence-electron chi connectivity index (χ3n) is 3.73. The van der Waals surface area contributed by atoms with Gasteiger partial charge < -0.3 is 15.4 Å². The number of carbonyl (C=O) groups excluding carboxylic acids is 3. The normalized spacial score (nSPS) is 17.2. The molecule has 2 amide bonds. The smallest absolute Gasteiger partial charge is 0.338 e. The molecule has 0 spiro atoms. The third kappa shape index (κ3) is 4.07. The molecule has 2 N–H and O–H groups in total. The highest BCUT2D eigenvalue weighted by Gasteiger charge is 2.31. The molecular weight excluding hydrogens is 298 g/mol. The number of amides is 2. The van der Waals surface area contributed by atoms with Crippen LogP contribution in [0.4, 0.5) is 0 Å². The van der Waals surface area contributed by atoms with E-state index in [1.165, 1.54) is 29.2 Å². The van der Waals surface area contributed by atoms with E-state index in [0.29, 0.717) is 18.5 Å².